The van der Waals surface area contributed by atoms with Gasteiger partial charge in [-0.05, 0) is 57.5 Å². The van der Waals surface area contributed by atoms with Crippen molar-refractivity contribution >= 4 is 15.5 Å². The fourth-order valence-corrected chi connectivity index (χ4v) is 4.42. The highest BCUT2D eigenvalue weighted by Gasteiger charge is 2.23. The first kappa shape index (κ1) is 15.3. The Morgan fingerprint density at radius 2 is 2.10 bits per heavy atom. The van der Waals surface area contributed by atoms with Gasteiger partial charge in [0.05, 0.1) is 16.3 Å². The molecule has 112 valence electrons. The van der Waals surface area contributed by atoms with Gasteiger partial charge in [0.2, 0.25) is 0 Å². The van der Waals surface area contributed by atoms with E-state index in [1.54, 1.807) is 12.1 Å². The molecule has 0 spiro atoms. The zero-order valence-corrected chi connectivity index (χ0v) is 13.1. The van der Waals surface area contributed by atoms with E-state index in [9.17, 15) is 8.42 Å². The SMILES string of the molecule is Cc1ccc(N)c(S(=O)(=O)CCC2CCCCN2C)c1. The summed E-state index contributed by atoms with van der Waals surface area (Å²) < 4.78 is 24.9. The van der Waals surface area contributed by atoms with Gasteiger partial charge < -0.3 is 10.6 Å². The van der Waals surface area contributed by atoms with Crippen LogP contribution in [0.15, 0.2) is 23.1 Å². The highest BCUT2D eigenvalue weighted by atomic mass is 32.2. The number of likely N-dealkylation sites (tertiary alicyclic amines) is 1. The number of anilines is 1. The predicted molar refractivity (Wildman–Crippen MR) is 82.5 cm³/mol. The molecule has 1 saturated heterocycles. The Balaban J connectivity index is 2.09. The summed E-state index contributed by atoms with van der Waals surface area (Å²) in [6.07, 6.45) is 4.19. The highest BCUT2D eigenvalue weighted by molar-refractivity contribution is 7.91. The minimum absolute atomic E-state index is 0.176. The van der Waals surface area contributed by atoms with Crippen molar-refractivity contribution in [2.45, 2.75) is 43.5 Å². The molecule has 0 amide bonds. The van der Waals surface area contributed by atoms with Crippen molar-refractivity contribution in [1.82, 2.24) is 4.90 Å². The molecule has 4 nitrogen and oxygen atoms in total. The third-order valence-electron chi connectivity index (χ3n) is 4.15. The Bertz CT molecular complexity index is 569. The zero-order chi connectivity index (χ0) is 14.8. The van der Waals surface area contributed by atoms with E-state index in [-0.39, 0.29) is 10.6 Å². The standard InChI is InChI=1S/C15H24N2O2S/c1-12-6-7-14(16)15(11-12)20(18,19)10-8-13-5-3-4-9-17(13)2/h6-7,11,13H,3-5,8-10,16H2,1-2H3. The summed E-state index contributed by atoms with van der Waals surface area (Å²) in [6.45, 7) is 2.95. The van der Waals surface area contributed by atoms with Crippen LogP contribution in [-0.2, 0) is 9.84 Å². The number of hydrogen-bond acceptors (Lipinski definition) is 4. The normalized spacial score (nSPS) is 21.0. The third kappa shape index (κ3) is 3.52. The van der Waals surface area contributed by atoms with Gasteiger partial charge >= 0.3 is 0 Å². The zero-order valence-electron chi connectivity index (χ0n) is 12.3. The van der Waals surface area contributed by atoms with Crippen molar-refractivity contribution in [1.29, 1.82) is 0 Å². The minimum atomic E-state index is -3.29. The molecule has 20 heavy (non-hydrogen) atoms. The number of hydrogen-bond donors (Lipinski definition) is 1. The Morgan fingerprint density at radius 3 is 2.80 bits per heavy atom. The maximum Gasteiger partial charge on any atom is 0.180 e. The highest BCUT2D eigenvalue weighted by Crippen LogP contribution is 2.24. The van der Waals surface area contributed by atoms with Crippen LogP contribution in [0.5, 0.6) is 0 Å². The summed E-state index contributed by atoms with van der Waals surface area (Å²) in [7, 11) is -1.21. The van der Waals surface area contributed by atoms with E-state index in [1.165, 1.54) is 12.8 Å². The first-order chi connectivity index (χ1) is 9.40. The number of nitrogen functional groups attached to an aromatic ring is 1. The fraction of sp³-hybridized carbons (Fsp3) is 0.600. The smallest absolute Gasteiger partial charge is 0.180 e. The van der Waals surface area contributed by atoms with Crippen LogP contribution < -0.4 is 5.73 Å². The molecule has 0 radical (unpaired) electrons. The van der Waals surface area contributed by atoms with Gasteiger partial charge in [-0.15, -0.1) is 0 Å². The van der Waals surface area contributed by atoms with Gasteiger partial charge in [-0.3, -0.25) is 0 Å². The van der Waals surface area contributed by atoms with Crippen molar-refractivity contribution in [3.63, 3.8) is 0 Å². The number of rotatable bonds is 4. The first-order valence-corrected chi connectivity index (χ1v) is 8.84. The summed E-state index contributed by atoms with van der Waals surface area (Å²) in [6, 6.07) is 5.57. The molecule has 0 saturated carbocycles. The Morgan fingerprint density at radius 1 is 1.35 bits per heavy atom. The monoisotopic (exact) mass is 296 g/mol. The lowest BCUT2D eigenvalue weighted by molar-refractivity contribution is 0.181. The van der Waals surface area contributed by atoms with E-state index in [4.69, 9.17) is 5.73 Å². The second-order valence-electron chi connectivity index (χ2n) is 5.78. The molecule has 1 heterocycles. The van der Waals surface area contributed by atoms with E-state index in [1.807, 2.05) is 13.0 Å². The van der Waals surface area contributed by atoms with Gasteiger partial charge in [-0.25, -0.2) is 8.42 Å². The maximum atomic E-state index is 12.5. The van der Waals surface area contributed by atoms with Crippen LogP contribution in [0.2, 0.25) is 0 Å². The predicted octanol–water partition coefficient (Wildman–Crippen LogP) is 2.23. The van der Waals surface area contributed by atoms with Crippen molar-refractivity contribution in [3.8, 4) is 0 Å². The van der Waals surface area contributed by atoms with Crippen LogP contribution in [0.1, 0.15) is 31.2 Å². The van der Waals surface area contributed by atoms with E-state index in [2.05, 4.69) is 11.9 Å². The number of nitrogens with zero attached hydrogens (tertiary/aromatic N) is 1. The molecular formula is C15H24N2O2S. The Hall–Kier alpha value is -1.07. The number of piperidine rings is 1. The topological polar surface area (TPSA) is 63.4 Å². The first-order valence-electron chi connectivity index (χ1n) is 7.19. The lowest BCUT2D eigenvalue weighted by Crippen LogP contribution is -2.37. The molecule has 1 aliphatic rings. The molecule has 1 fully saturated rings. The van der Waals surface area contributed by atoms with Crippen LogP contribution in [0.3, 0.4) is 0 Å². The third-order valence-corrected chi connectivity index (χ3v) is 5.94. The van der Waals surface area contributed by atoms with Crippen LogP contribution in [0.4, 0.5) is 5.69 Å². The van der Waals surface area contributed by atoms with Gasteiger partial charge in [0.1, 0.15) is 0 Å². The summed E-state index contributed by atoms with van der Waals surface area (Å²) in [5.74, 6) is 0.176. The molecule has 1 atom stereocenters. The molecule has 2 rings (SSSR count). The molecule has 0 aromatic heterocycles. The number of nitrogens with two attached hydrogens (primary N) is 1. The van der Waals surface area contributed by atoms with E-state index < -0.39 is 9.84 Å². The number of aryl methyl sites for hydroxylation is 1. The van der Waals surface area contributed by atoms with Crippen molar-refractivity contribution in [2.24, 2.45) is 0 Å². The van der Waals surface area contributed by atoms with E-state index in [0.29, 0.717) is 18.2 Å². The minimum Gasteiger partial charge on any atom is -0.398 e. The van der Waals surface area contributed by atoms with Gasteiger partial charge in [0.15, 0.2) is 9.84 Å². The van der Waals surface area contributed by atoms with E-state index >= 15 is 0 Å². The van der Waals surface area contributed by atoms with Crippen LogP contribution in [0, 0.1) is 6.92 Å². The van der Waals surface area contributed by atoms with Gasteiger partial charge in [0, 0.05) is 6.04 Å². The van der Waals surface area contributed by atoms with Crippen LogP contribution >= 0.6 is 0 Å². The molecule has 5 heteroatoms. The summed E-state index contributed by atoms with van der Waals surface area (Å²) >= 11 is 0. The van der Waals surface area contributed by atoms with Crippen LogP contribution in [0.25, 0.3) is 0 Å². The number of sulfone groups is 1. The number of benzene rings is 1. The molecule has 1 unspecified atom stereocenters. The van der Waals surface area contributed by atoms with E-state index in [0.717, 1.165) is 18.5 Å². The van der Waals surface area contributed by atoms with Gasteiger partial charge in [0.25, 0.3) is 0 Å². The Labute approximate surface area is 121 Å². The molecular weight excluding hydrogens is 272 g/mol. The van der Waals surface area contributed by atoms with Crippen molar-refractivity contribution < 1.29 is 8.42 Å². The molecule has 0 aliphatic carbocycles. The quantitative estimate of drug-likeness (QED) is 0.865. The van der Waals surface area contributed by atoms with Crippen molar-refractivity contribution in [3.05, 3.63) is 23.8 Å². The summed E-state index contributed by atoms with van der Waals surface area (Å²) in [5, 5.41) is 0. The lowest BCUT2D eigenvalue weighted by Gasteiger charge is -2.32. The summed E-state index contributed by atoms with van der Waals surface area (Å²) in [5.41, 5.74) is 7.10. The lowest BCUT2D eigenvalue weighted by atomic mass is 10.0. The van der Waals surface area contributed by atoms with Crippen molar-refractivity contribution in [2.75, 3.05) is 25.1 Å². The van der Waals surface area contributed by atoms with Gasteiger partial charge in [-0.2, -0.15) is 0 Å². The fourth-order valence-electron chi connectivity index (χ4n) is 2.82. The molecule has 1 aromatic carbocycles. The second-order valence-corrected chi connectivity index (χ2v) is 7.86. The summed E-state index contributed by atoms with van der Waals surface area (Å²) in [4.78, 5) is 2.56. The molecule has 1 aromatic rings. The van der Waals surface area contributed by atoms with Crippen LogP contribution in [-0.4, -0.2) is 38.7 Å². The largest absolute Gasteiger partial charge is 0.398 e. The molecule has 0 bridgehead atoms. The molecule has 2 N–H and O–H groups in total. The average Bonchev–Trinajstić information content (AvgIpc) is 2.40. The second kappa shape index (κ2) is 6.14. The van der Waals surface area contributed by atoms with Gasteiger partial charge in [-0.1, -0.05) is 12.5 Å². The Kier molecular flexibility index (Phi) is 4.70. The maximum absolute atomic E-state index is 12.5. The molecule has 1 aliphatic heterocycles. The average molecular weight is 296 g/mol.